The molecule has 0 saturated heterocycles. The average molecular weight is 250 g/mol. The van der Waals surface area contributed by atoms with E-state index in [-0.39, 0.29) is 11.2 Å². The zero-order valence-corrected chi connectivity index (χ0v) is 11.1. The molecule has 1 N–H and O–H groups in total. The number of methoxy groups -OCH3 is 1. The maximum Gasteiger partial charge on any atom is 0.123 e. The summed E-state index contributed by atoms with van der Waals surface area (Å²) in [6.07, 6.45) is 0.669. The third-order valence-electron chi connectivity index (χ3n) is 2.68. The predicted octanol–water partition coefficient (Wildman–Crippen LogP) is 2.52. The van der Waals surface area contributed by atoms with Crippen molar-refractivity contribution < 1.29 is 9.13 Å². The minimum absolute atomic E-state index is 0.261. The molecular formula is C14H19FN2O. The molecule has 18 heavy (non-hydrogen) atoms. The van der Waals surface area contributed by atoms with Crippen molar-refractivity contribution in [3.05, 3.63) is 29.6 Å². The molecule has 0 aliphatic rings. The smallest absolute Gasteiger partial charge is 0.123 e. The van der Waals surface area contributed by atoms with Gasteiger partial charge >= 0.3 is 0 Å². The molecule has 0 unspecified atom stereocenters. The molecule has 0 radical (unpaired) electrons. The third-order valence-corrected chi connectivity index (χ3v) is 2.68. The van der Waals surface area contributed by atoms with Gasteiger partial charge in [0, 0.05) is 6.54 Å². The molecule has 3 nitrogen and oxygen atoms in total. The zero-order chi connectivity index (χ0) is 13.6. The lowest BCUT2D eigenvalue weighted by Gasteiger charge is -2.16. The van der Waals surface area contributed by atoms with Gasteiger partial charge in [-0.15, -0.1) is 0 Å². The summed E-state index contributed by atoms with van der Waals surface area (Å²) < 4.78 is 18.3. The molecule has 0 bridgehead atoms. The molecule has 98 valence electrons. The first-order valence-corrected chi connectivity index (χ1v) is 5.93. The molecule has 1 aromatic rings. The summed E-state index contributed by atoms with van der Waals surface area (Å²) in [6.45, 7) is 5.05. The summed E-state index contributed by atoms with van der Waals surface area (Å²) in [5.41, 5.74) is 0.450. The number of halogens is 1. The Morgan fingerprint density at radius 1 is 1.44 bits per heavy atom. The van der Waals surface area contributed by atoms with E-state index in [4.69, 9.17) is 10.00 Å². The quantitative estimate of drug-likeness (QED) is 0.789. The SMILES string of the molecule is COc1ccc(F)cc1CCNCC(C)(C)C#N. The Balaban J connectivity index is 2.49. The van der Waals surface area contributed by atoms with Crippen molar-refractivity contribution in [3.8, 4) is 11.8 Å². The monoisotopic (exact) mass is 250 g/mol. The van der Waals surface area contributed by atoms with Crippen molar-refractivity contribution in [2.75, 3.05) is 20.2 Å². The first-order valence-electron chi connectivity index (χ1n) is 5.93. The van der Waals surface area contributed by atoms with E-state index in [1.807, 2.05) is 13.8 Å². The van der Waals surface area contributed by atoms with Crippen molar-refractivity contribution in [1.82, 2.24) is 5.32 Å². The lowest BCUT2D eigenvalue weighted by atomic mass is 9.96. The number of nitrogens with zero attached hydrogens (tertiary/aromatic N) is 1. The van der Waals surface area contributed by atoms with Crippen LogP contribution in [0.15, 0.2) is 18.2 Å². The molecule has 0 heterocycles. The Kier molecular flexibility index (Phi) is 5.11. The van der Waals surface area contributed by atoms with E-state index in [1.54, 1.807) is 13.2 Å². The Labute approximate surface area is 108 Å². The molecule has 0 saturated carbocycles. The summed E-state index contributed by atoms with van der Waals surface area (Å²) in [5.74, 6) is 0.431. The van der Waals surface area contributed by atoms with E-state index in [2.05, 4.69) is 11.4 Å². The van der Waals surface area contributed by atoms with Gasteiger partial charge in [-0.3, -0.25) is 0 Å². The fourth-order valence-electron chi connectivity index (χ4n) is 1.61. The highest BCUT2D eigenvalue weighted by Crippen LogP contribution is 2.19. The molecule has 0 aromatic heterocycles. The van der Waals surface area contributed by atoms with Crippen LogP contribution in [-0.4, -0.2) is 20.2 Å². The molecule has 1 rings (SSSR count). The van der Waals surface area contributed by atoms with Crippen molar-refractivity contribution in [2.45, 2.75) is 20.3 Å². The summed E-state index contributed by atoms with van der Waals surface area (Å²) in [4.78, 5) is 0. The van der Waals surface area contributed by atoms with E-state index in [9.17, 15) is 4.39 Å². The van der Waals surface area contributed by atoms with Gasteiger partial charge in [0.15, 0.2) is 0 Å². The predicted molar refractivity (Wildman–Crippen MR) is 68.9 cm³/mol. The number of hydrogen-bond donors (Lipinski definition) is 1. The van der Waals surface area contributed by atoms with Crippen molar-refractivity contribution in [2.24, 2.45) is 5.41 Å². The number of nitrogens with one attached hydrogen (secondary N) is 1. The summed E-state index contributed by atoms with van der Waals surface area (Å²) in [5, 5.41) is 12.1. The number of rotatable bonds is 6. The highest BCUT2D eigenvalue weighted by atomic mass is 19.1. The number of ether oxygens (including phenoxy) is 1. The largest absolute Gasteiger partial charge is 0.496 e. The molecular weight excluding hydrogens is 231 g/mol. The van der Waals surface area contributed by atoms with E-state index in [0.29, 0.717) is 25.3 Å². The van der Waals surface area contributed by atoms with Crippen LogP contribution in [0.1, 0.15) is 19.4 Å². The molecule has 0 spiro atoms. The van der Waals surface area contributed by atoms with Gasteiger partial charge in [0.25, 0.3) is 0 Å². The minimum Gasteiger partial charge on any atom is -0.496 e. The molecule has 0 fully saturated rings. The van der Waals surface area contributed by atoms with Crippen LogP contribution >= 0.6 is 0 Å². The molecule has 0 amide bonds. The Hall–Kier alpha value is -1.60. The van der Waals surface area contributed by atoms with Gasteiger partial charge < -0.3 is 10.1 Å². The van der Waals surface area contributed by atoms with Gasteiger partial charge in [0.2, 0.25) is 0 Å². The Morgan fingerprint density at radius 2 is 2.17 bits per heavy atom. The van der Waals surface area contributed by atoms with E-state index < -0.39 is 0 Å². The van der Waals surface area contributed by atoms with Crippen LogP contribution in [0, 0.1) is 22.6 Å². The van der Waals surface area contributed by atoms with Crippen molar-refractivity contribution in [3.63, 3.8) is 0 Å². The van der Waals surface area contributed by atoms with Gasteiger partial charge in [-0.05, 0) is 50.6 Å². The maximum absolute atomic E-state index is 13.1. The molecule has 4 heteroatoms. The normalized spacial score (nSPS) is 11.1. The van der Waals surface area contributed by atoms with Crippen LogP contribution in [0.4, 0.5) is 4.39 Å². The van der Waals surface area contributed by atoms with E-state index >= 15 is 0 Å². The average Bonchev–Trinajstić information content (AvgIpc) is 2.35. The van der Waals surface area contributed by atoms with Crippen LogP contribution in [0.25, 0.3) is 0 Å². The van der Waals surface area contributed by atoms with Crippen LogP contribution in [0.5, 0.6) is 5.75 Å². The van der Waals surface area contributed by atoms with Gasteiger partial charge in [0.05, 0.1) is 18.6 Å². The van der Waals surface area contributed by atoms with Gasteiger partial charge in [0.1, 0.15) is 11.6 Å². The summed E-state index contributed by atoms with van der Waals surface area (Å²) in [6, 6.07) is 6.72. The fourth-order valence-corrected chi connectivity index (χ4v) is 1.61. The van der Waals surface area contributed by atoms with Crippen LogP contribution in [0.3, 0.4) is 0 Å². The zero-order valence-electron chi connectivity index (χ0n) is 11.1. The highest BCUT2D eigenvalue weighted by Gasteiger charge is 2.15. The summed E-state index contributed by atoms with van der Waals surface area (Å²) >= 11 is 0. The Morgan fingerprint density at radius 3 is 2.78 bits per heavy atom. The van der Waals surface area contributed by atoms with Gasteiger partial charge in [-0.25, -0.2) is 4.39 Å². The van der Waals surface area contributed by atoms with Gasteiger partial charge in [-0.2, -0.15) is 5.26 Å². The van der Waals surface area contributed by atoms with Crippen LogP contribution in [-0.2, 0) is 6.42 Å². The minimum atomic E-state index is -0.383. The van der Waals surface area contributed by atoms with Crippen molar-refractivity contribution >= 4 is 0 Å². The molecule has 0 aliphatic carbocycles. The van der Waals surface area contributed by atoms with Gasteiger partial charge in [-0.1, -0.05) is 0 Å². The van der Waals surface area contributed by atoms with Crippen molar-refractivity contribution in [1.29, 1.82) is 5.26 Å². The number of hydrogen-bond acceptors (Lipinski definition) is 3. The second-order valence-electron chi connectivity index (χ2n) is 4.88. The Bertz CT molecular complexity index is 438. The maximum atomic E-state index is 13.1. The highest BCUT2D eigenvalue weighted by molar-refractivity contribution is 5.34. The second kappa shape index (κ2) is 6.36. The molecule has 1 aromatic carbocycles. The molecule has 0 aliphatic heterocycles. The van der Waals surface area contributed by atoms with E-state index in [0.717, 1.165) is 5.56 Å². The van der Waals surface area contributed by atoms with Crippen LogP contribution < -0.4 is 10.1 Å². The topological polar surface area (TPSA) is 45.0 Å². The lowest BCUT2D eigenvalue weighted by Crippen LogP contribution is -2.29. The van der Waals surface area contributed by atoms with Crippen LogP contribution in [0.2, 0.25) is 0 Å². The number of nitriles is 1. The fraction of sp³-hybridized carbons (Fsp3) is 0.500. The third kappa shape index (κ3) is 4.34. The lowest BCUT2D eigenvalue weighted by molar-refractivity contribution is 0.405. The first-order chi connectivity index (χ1) is 8.48. The standard InChI is InChI=1S/C14H19FN2O/c1-14(2,9-16)10-17-7-6-11-8-12(15)4-5-13(11)18-3/h4-5,8,17H,6-7,10H2,1-3H3. The first kappa shape index (κ1) is 14.5. The summed E-state index contributed by atoms with van der Waals surface area (Å²) in [7, 11) is 1.57. The second-order valence-corrected chi connectivity index (χ2v) is 4.88. The van der Waals surface area contributed by atoms with E-state index in [1.165, 1.54) is 12.1 Å². The number of benzene rings is 1. The molecule has 0 atom stereocenters.